The van der Waals surface area contributed by atoms with E-state index in [1.165, 1.54) is 4.90 Å². The second-order valence-electron chi connectivity index (χ2n) is 1.07. The third-order valence-electron chi connectivity index (χ3n) is 0.211. The predicted molar refractivity (Wildman–Crippen MR) is 31.1 cm³/mol. The monoisotopic (exact) mass is 105 g/mol. The quantitative estimate of drug-likeness (QED) is 0.286. The molecule has 1 amide bonds. The molecule has 0 spiro atoms. The lowest BCUT2D eigenvalue weighted by molar-refractivity contribution is -0.115. The third-order valence-corrected chi connectivity index (χ3v) is 0.211. The Hall–Kier alpha value is -0.313. The molecule has 0 aromatic rings. The van der Waals surface area contributed by atoms with E-state index in [-0.39, 0.29) is 11.0 Å². The highest BCUT2D eigenvalue weighted by Gasteiger charge is 1.68. The van der Waals surface area contributed by atoms with Crippen LogP contribution in [0.3, 0.4) is 0 Å². The van der Waals surface area contributed by atoms with Crippen LogP contribution in [0, 0.1) is 0 Å². The largest absolute Gasteiger partial charge is 0.351 e. The van der Waals surface area contributed by atoms with Gasteiger partial charge in [0.2, 0.25) is 6.41 Å². The minimum Gasteiger partial charge on any atom is -0.351 e. The lowest BCUT2D eigenvalue weighted by Gasteiger charge is -1.93. The Kier molecular flexibility index (Phi) is 7.18. The molecule has 0 N–H and O–H groups in total. The highest BCUT2D eigenvalue weighted by Crippen LogP contribution is 1.52. The molecule has 0 fully saturated rings. The molecule has 2 nitrogen and oxygen atoms in total. The van der Waals surface area contributed by atoms with Crippen LogP contribution in [0.25, 0.3) is 0 Å². The Morgan fingerprint density at radius 3 is 1.67 bits per heavy atom. The molecule has 0 saturated heterocycles. The average Bonchev–Trinajstić information content (AvgIpc) is 1.38. The smallest absolute Gasteiger partial charge is 0.209 e. The van der Waals surface area contributed by atoms with Gasteiger partial charge in [-0.2, -0.15) is 0 Å². The Labute approximate surface area is 42.2 Å². The number of carbonyl (C=O) groups is 1. The predicted octanol–water partition coefficient (Wildman–Crippen LogP) is -1.75. The molecule has 0 aliphatic carbocycles. The third kappa shape index (κ3) is 9.35. The summed E-state index contributed by atoms with van der Waals surface area (Å²) < 4.78 is 0. The number of hydrogen-bond acceptors (Lipinski definition) is 1. The lowest BCUT2D eigenvalue weighted by atomic mass is 11.0. The van der Waals surface area contributed by atoms with Crippen molar-refractivity contribution in [2.75, 3.05) is 14.1 Å². The van der Waals surface area contributed by atoms with Crippen molar-refractivity contribution in [2.24, 2.45) is 0 Å². The SMILES string of the molecule is CN(C)C=O.[SiH4]. The molecule has 0 atom stereocenters. The zero-order chi connectivity index (χ0) is 4.28. The second-order valence-corrected chi connectivity index (χ2v) is 1.07. The van der Waals surface area contributed by atoms with Crippen LogP contribution in [0.4, 0.5) is 0 Å². The Balaban J connectivity index is 0. The van der Waals surface area contributed by atoms with E-state index in [1.54, 1.807) is 14.1 Å². The van der Waals surface area contributed by atoms with Crippen LogP contribution < -0.4 is 0 Å². The minimum absolute atomic E-state index is 0. The molecule has 0 unspecified atom stereocenters. The fourth-order valence-electron chi connectivity index (χ4n) is 0. The van der Waals surface area contributed by atoms with Crippen molar-refractivity contribution in [3.63, 3.8) is 0 Å². The molecule has 0 aromatic heterocycles. The average molecular weight is 105 g/mol. The molecule has 38 valence electrons. The summed E-state index contributed by atoms with van der Waals surface area (Å²) in [5.41, 5.74) is 0. The minimum atomic E-state index is 0. The molecule has 0 radical (unpaired) electrons. The van der Waals surface area contributed by atoms with Crippen molar-refractivity contribution in [1.82, 2.24) is 4.90 Å². The van der Waals surface area contributed by atoms with Gasteiger partial charge in [-0.1, -0.05) is 0 Å². The molecule has 0 heterocycles. The normalized spacial score (nSPS) is 5.67. The first-order chi connectivity index (χ1) is 2.27. The highest BCUT2D eigenvalue weighted by atomic mass is 28.1. The fourth-order valence-corrected chi connectivity index (χ4v) is 0. The molecule has 0 saturated carbocycles. The van der Waals surface area contributed by atoms with Gasteiger partial charge in [-0.15, -0.1) is 0 Å². The molecule has 0 aliphatic heterocycles. The molecule has 0 bridgehead atoms. The molecule has 0 rings (SSSR count). The van der Waals surface area contributed by atoms with Crippen molar-refractivity contribution in [3.05, 3.63) is 0 Å². The topological polar surface area (TPSA) is 20.3 Å². The van der Waals surface area contributed by atoms with Gasteiger partial charge in [0.1, 0.15) is 0 Å². The van der Waals surface area contributed by atoms with Gasteiger partial charge in [-0.05, 0) is 11.0 Å². The van der Waals surface area contributed by atoms with Gasteiger partial charge < -0.3 is 4.90 Å². The van der Waals surface area contributed by atoms with E-state index in [0.717, 1.165) is 6.41 Å². The van der Waals surface area contributed by atoms with E-state index < -0.39 is 0 Å². The van der Waals surface area contributed by atoms with E-state index in [2.05, 4.69) is 0 Å². The van der Waals surface area contributed by atoms with Crippen LogP contribution in [-0.4, -0.2) is 36.4 Å². The zero-order valence-corrected chi connectivity index (χ0v) is 3.43. The van der Waals surface area contributed by atoms with Crippen molar-refractivity contribution >= 4 is 17.4 Å². The van der Waals surface area contributed by atoms with Gasteiger partial charge in [0, 0.05) is 14.1 Å². The molecule has 0 aliphatic rings. The first-order valence-electron chi connectivity index (χ1n) is 1.39. The zero-order valence-electron chi connectivity index (χ0n) is 3.43. The van der Waals surface area contributed by atoms with Gasteiger partial charge in [0.25, 0.3) is 0 Å². The van der Waals surface area contributed by atoms with E-state index in [4.69, 9.17) is 0 Å². The van der Waals surface area contributed by atoms with Crippen LogP contribution >= 0.6 is 0 Å². The summed E-state index contributed by atoms with van der Waals surface area (Å²) in [5, 5.41) is 0. The summed E-state index contributed by atoms with van der Waals surface area (Å²) in [5.74, 6) is 0. The van der Waals surface area contributed by atoms with Crippen LogP contribution in [0.15, 0.2) is 0 Å². The highest BCUT2D eigenvalue weighted by molar-refractivity contribution is 5.75. The summed E-state index contributed by atoms with van der Waals surface area (Å²) >= 11 is 0. The molecule has 6 heavy (non-hydrogen) atoms. The molecular formula is C3H11NOSi. The van der Waals surface area contributed by atoms with Crippen LogP contribution in [0.5, 0.6) is 0 Å². The van der Waals surface area contributed by atoms with Crippen LogP contribution in [0.1, 0.15) is 0 Å². The van der Waals surface area contributed by atoms with Crippen molar-refractivity contribution in [3.8, 4) is 0 Å². The number of amides is 1. The van der Waals surface area contributed by atoms with E-state index in [0.29, 0.717) is 0 Å². The first kappa shape index (κ1) is 9.19. The fraction of sp³-hybridized carbons (Fsp3) is 0.667. The number of nitrogens with zero attached hydrogens (tertiary/aromatic N) is 1. The molecule has 3 heteroatoms. The van der Waals surface area contributed by atoms with Crippen LogP contribution in [0.2, 0.25) is 0 Å². The maximum absolute atomic E-state index is 9.43. The van der Waals surface area contributed by atoms with Gasteiger partial charge in [0.05, 0.1) is 0 Å². The van der Waals surface area contributed by atoms with E-state index >= 15 is 0 Å². The lowest BCUT2D eigenvalue weighted by Crippen LogP contribution is -2.06. The van der Waals surface area contributed by atoms with Gasteiger partial charge in [0.15, 0.2) is 0 Å². The van der Waals surface area contributed by atoms with Crippen molar-refractivity contribution < 1.29 is 4.79 Å². The number of carbonyl (C=O) groups excluding carboxylic acids is 1. The summed E-state index contributed by atoms with van der Waals surface area (Å²) in [6.07, 6.45) is 0.750. The maximum atomic E-state index is 9.43. The summed E-state index contributed by atoms with van der Waals surface area (Å²) in [7, 11) is 3.38. The standard InChI is InChI=1S/C3H7NO.H4Si/c1-4(2)3-5;/h3H,1-2H3;1H4. The Morgan fingerprint density at radius 1 is 1.50 bits per heavy atom. The van der Waals surface area contributed by atoms with E-state index in [1.807, 2.05) is 0 Å². The molecular weight excluding hydrogens is 94.1 g/mol. The summed E-state index contributed by atoms with van der Waals surface area (Å²) in [4.78, 5) is 10.9. The van der Waals surface area contributed by atoms with Crippen molar-refractivity contribution in [1.29, 1.82) is 0 Å². The maximum Gasteiger partial charge on any atom is 0.209 e. The second kappa shape index (κ2) is 4.69. The number of hydrogen-bond donors (Lipinski definition) is 0. The number of rotatable bonds is 1. The van der Waals surface area contributed by atoms with Gasteiger partial charge in [-0.25, -0.2) is 0 Å². The summed E-state index contributed by atoms with van der Waals surface area (Å²) in [6.45, 7) is 0. The molecule has 0 aromatic carbocycles. The van der Waals surface area contributed by atoms with E-state index in [9.17, 15) is 4.79 Å². The van der Waals surface area contributed by atoms with Crippen molar-refractivity contribution in [2.45, 2.75) is 0 Å². The van der Waals surface area contributed by atoms with Crippen LogP contribution in [-0.2, 0) is 4.79 Å². The summed E-state index contributed by atoms with van der Waals surface area (Å²) in [6, 6.07) is 0. The van der Waals surface area contributed by atoms with Gasteiger partial charge in [-0.3, -0.25) is 4.79 Å². The Bertz CT molecular complexity index is 37.8. The Morgan fingerprint density at radius 2 is 1.67 bits per heavy atom. The van der Waals surface area contributed by atoms with Gasteiger partial charge >= 0.3 is 0 Å². The first-order valence-corrected chi connectivity index (χ1v) is 1.39.